The molecule has 0 saturated carbocycles. The summed E-state index contributed by atoms with van der Waals surface area (Å²) in [4.78, 5) is 15.2. The Bertz CT molecular complexity index is 854. The molecule has 1 N–H and O–H groups in total. The van der Waals surface area contributed by atoms with E-state index in [1.165, 1.54) is 12.5 Å². The first kappa shape index (κ1) is 19.9. The standard InChI is InChI=1S/C22H27N3O3/c1-17-3-8-21(28-17)9-10-22(15-25-13-12-23-16-25)27-14-11-19-4-6-20(7-5-19)24-18(2)26/h3-8,12-13,16,22H,9-11,14-15H2,1-2H3,(H,24,26). The van der Waals surface area contributed by atoms with Crippen LogP contribution in [0, 0.1) is 6.92 Å². The number of amides is 1. The topological polar surface area (TPSA) is 69.3 Å². The van der Waals surface area contributed by atoms with Crippen molar-refractivity contribution in [1.82, 2.24) is 9.55 Å². The molecule has 6 nitrogen and oxygen atoms in total. The van der Waals surface area contributed by atoms with Crippen molar-refractivity contribution in [3.8, 4) is 0 Å². The molecule has 1 atom stereocenters. The number of carbonyl (C=O) groups excluding carboxylic acids is 1. The lowest BCUT2D eigenvalue weighted by molar-refractivity contribution is -0.114. The highest BCUT2D eigenvalue weighted by atomic mass is 16.5. The van der Waals surface area contributed by atoms with Crippen molar-refractivity contribution in [2.45, 2.75) is 45.8 Å². The smallest absolute Gasteiger partial charge is 0.221 e. The minimum Gasteiger partial charge on any atom is -0.466 e. The van der Waals surface area contributed by atoms with E-state index in [9.17, 15) is 4.79 Å². The zero-order chi connectivity index (χ0) is 19.8. The summed E-state index contributed by atoms with van der Waals surface area (Å²) in [5.74, 6) is 1.86. The molecule has 0 saturated heterocycles. The highest BCUT2D eigenvalue weighted by Gasteiger charge is 2.12. The van der Waals surface area contributed by atoms with Crippen LogP contribution in [0.25, 0.3) is 0 Å². The highest BCUT2D eigenvalue weighted by Crippen LogP contribution is 2.14. The van der Waals surface area contributed by atoms with E-state index in [4.69, 9.17) is 9.15 Å². The van der Waals surface area contributed by atoms with Crippen LogP contribution in [-0.4, -0.2) is 28.2 Å². The first-order valence-electron chi connectivity index (χ1n) is 9.57. The molecule has 1 unspecified atom stereocenters. The van der Waals surface area contributed by atoms with Gasteiger partial charge in [-0.3, -0.25) is 4.79 Å². The van der Waals surface area contributed by atoms with Crippen LogP contribution in [0.1, 0.15) is 30.4 Å². The Morgan fingerprint density at radius 3 is 2.68 bits per heavy atom. The van der Waals surface area contributed by atoms with E-state index in [-0.39, 0.29) is 12.0 Å². The number of furan rings is 1. The van der Waals surface area contributed by atoms with Crippen molar-refractivity contribution >= 4 is 11.6 Å². The second-order valence-electron chi connectivity index (χ2n) is 6.93. The van der Waals surface area contributed by atoms with Crippen LogP contribution in [0.15, 0.2) is 59.5 Å². The SMILES string of the molecule is CC(=O)Nc1ccc(CCOC(CCc2ccc(C)o2)Cn2ccnc2)cc1. The number of ether oxygens (including phenoxy) is 1. The van der Waals surface area contributed by atoms with Gasteiger partial charge in [-0.05, 0) is 49.6 Å². The molecule has 1 aromatic carbocycles. The zero-order valence-electron chi connectivity index (χ0n) is 16.4. The van der Waals surface area contributed by atoms with Gasteiger partial charge in [-0.15, -0.1) is 0 Å². The molecule has 2 heterocycles. The molecule has 0 bridgehead atoms. The number of nitrogens with zero attached hydrogens (tertiary/aromatic N) is 2. The molecule has 0 fully saturated rings. The fourth-order valence-corrected chi connectivity index (χ4v) is 3.08. The van der Waals surface area contributed by atoms with Gasteiger partial charge in [-0.1, -0.05) is 12.1 Å². The summed E-state index contributed by atoms with van der Waals surface area (Å²) in [6.07, 6.45) is 8.18. The number of hydrogen-bond donors (Lipinski definition) is 1. The molecule has 6 heteroatoms. The number of aromatic nitrogens is 2. The van der Waals surface area contributed by atoms with Gasteiger partial charge in [0.1, 0.15) is 11.5 Å². The lowest BCUT2D eigenvalue weighted by Crippen LogP contribution is -2.21. The number of nitrogens with one attached hydrogen (secondary N) is 1. The van der Waals surface area contributed by atoms with Crippen molar-refractivity contribution in [3.63, 3.8) is 0 Å². The van der Waals surface area contributed by atoms with Crippen molar-refractivity contribution in [3.05, 3.63) is 72.2 Å². The van der Waals surface area contributed by atoms with E-state index >= 15 is 0 Å². The molecule has 0 spiro atoms. The summed E-state index contributed by atoms with van der Waals surface area (Å²) in [6, 6.07) is 11.9. The lowest BCUT2D eigenvalue weighted by Gasteiger charge is -2.18. The molecule has 3 aromatic rings. The predicted octanol–water partition coefficient (Wildman–Crippen LogP) is 4.00. The minimum absolute atomic E-state index is 0.0647. The van der Waals surface area contributed by atoms with Crippen LogP contribution in [0.4, 0.5) is 5.69 Å². The van der Waals surface area contributed by atoms with E-state index in [0.29, 0.717) is 6.61 Å². The molecule has 0 aliphatic heterocycles. The third kappa shape index (κ3) is 6.39. The van der Waals surface area contributed by atoms with E-state index < -0.39 is 0 Å². The number of rotatable bonds is 10. The van der Waals surface area contributed by atoms with Gasteiger partial charge in [-0.25, -0.2) is 4.98 Å². The van der Waals surface area contributed by atoms with E-state index in [0.717, 1.165) is 43.0 Å². The molecular weight excluding hydrogens is 354 g/mol. The summed E-state index contributed by atoms with van der Waals surface area (Å²) in [5.41, 5.74) is 1.99. The van der Waals surface area contributed by atoms with Crippen molar-refractivity contribution in [2.24, 2.45) is 0 Å². The van der Waals surface area contributed by atoms with Crippen LogP contribution >= 0.6 is 0 Å². The molecule has 0 aliphatic carbocycles. The van der Waals surface area contributed by atoms with Gasteiger partial charge < -0.3 is 19.0 Å². The molecule has 3 rings (SSSR count). The third-order valence-electron chi connectivity index (χ3n) is 4.50. The second-order valence-corrected chi connectivity index (χ2v) is 6.93. The maximum atomic E-state index is 11.1. The van der Waals surface area contributed by atoms with Crippen LogP contribution in [-0.2, 0) is 28.9 Å². The normalized spacial score (nSPS) is 12.1. The van der Waals surface area contributed by atoms with Crippen molar-refractivity contribution < 1.29 is 13.9 Å². The Kier molecular flexibility index (Phi) is 7.03. The average Bonchev–Trinajstić information content (AvgIpc) is 3.32. The van der Waals surface area contributed by atoms with Gasteiger partial charge in [0.05, 0.1) is 19.0 Å². The third-order valence-corrected chi connectivity index (χ3v) is 4.50. The Labute approximate surface area is 165 Å². The second kappa shape index (κ2) is 9.90. The average molecular weight is 381 g/mol. The number of benzene rings is 1. The Morgan fingerprint density at radius 1 is 1.21 bits per heavy atom. The largest absolute Gasteiger partial charge is 0.466 e. The first-order chi connectivity index (χ1) is 13.6. The van der Waals surface area contributed by atoms with Gasteiger partial charge in [0.15, 0.2) is 0 Å². The summed E-state index contributed by atoms with van der Waals surface area (Å²) >= 11 is 0. The first-order valence-corrected chi connectivity index (χ1v) is 9.57. The van der Waals surface area contributed by atoms with Crippen molar-refractivity contribution in [2.75, 3.05) is 11.9 Å². The molecule has 148 valence electrons. The highest BCUT2D eigenvalue weighted by molar-refractivity contribution is 5.88. The maximum absolute atomic E-state index is 11.1. The Hall–Kier alpha value is -2.86. The van der Waals surface area contributed by atoms with Crippen LogP contribution in [0.2, 0.25) is 0 Å². The fourth-order valence-electron chi connectivity index (χ4n) is 3.08. The lowest BCUT2D eigenvalue weighted by atomic mass is 10.1. The minimum atomic E-state index is -0.0647. The summed E-state index contributed by atoms with van der Waals surface area (Å²) in [6.45, 7) is 4.86. The summed E-state index contributed by atoms with van der Waals surface area (Å²) in [7, 11) is 0. The Balaban J connectivity index is 1.50. The maximum Gasteiger partial charge on any atom is 0.221 e. The molecule has 1 amide bonds. The van der Waals surface area contributed by atoms with Gasteiger partial charge >= 0.3 is 0 Å². The molecular formula is C22H27N3O3. The molecule has 0 aliphatic rings. The summed E-state index contributed by atoms with van der Waals surface area (Å²) in [5, 5.41) is 2.78. The van der Waals surface area contributed by atoms with Crippen molar-refractivity contribution in [1.29, 1.82) is 0 Å². The predicted molar refractivity (Wildman–Crippen MR) is 108 cm³/mol. The molecule has 2 aromatic heterocycles. The quantitative estimate of drug-likeness (QED) is 0.576. The number of carbonyl (C=O) groups is 1. The monoisotopic (exact) mass is 381 g/mol. The van der Waals surface area contributed by atoms with Gasteiger partial charge in [-0.2, -0.15) is 0 Å². The number of anilines is 1. The zero-order valence-corrected chi connectivity index (χ0v) is 16.4. The Morgan fingerprint density at radius 2 is 2.04 bits per heavy atom. The van der Waals surface area contributed by atoms with E-state index in [1.807, 2.05) is 60.4 Å². The van der Waals surface area contributed by atoms with Gasteiger partial charge in [0.25, 0.3) is 0 Å². The number of hydrogen-bond acceptors (Lipinski definition) is 4. The summed E-state index contributed by atoms with van der Waals surface area (Å²) < 4.78 is 13.9. The van der Waals surface area contributed by atoms with Gasteiger partial charge in [0.2, 0.25) is 5.91 Å². The van der Waals surface area contributed by atoms with E-state index in [1.54, 1.807) is 6.20 Å². The van der Waals surface area contributed by atoms with E-state index in [2.05, 4.69) is 10.3 Å². The van der Waals surface area contributed by atoms with Gasteiger partial charge in [0, 0.05) is 38.0 Å². The molecule has 28 heavy (non-hydrogen) atoms. The number of imidazole rings is 1. The van der Waals surface area contributed by atoms with Crippen LogP contribution < -0.4 is 5.32 Å². The van der Waals surface area contributed by atoms with Crippen LogP contribution in [0.5, 0.6) is 0 Å². The van der Waals surface area contributed by atoms with Crippen LogP contribution in [0.3, 0.4) is 0 Å². The number of aryl methyl sites for hydroxylation is 2. The molecule has 0 radical (unpaired) electrons. The fraction of sp³-hybridized carbons (Fsp3) is 0.364.